The Morgan fingerprint density at radius 1 is 0.897 bits per heavy atom. The summed E-state index contributed by atoms with van der Waals surface area (Å²) in [6.07, 6.45) is 1.11. The molecule has 0 radical (unpaired) electrons. The molecule has 2 atom stereocenters. The number of halogens is 1. The molecule has 7 nitrogen and oxygen atoms in total. The van der Waals surface area contributed by atoms with Crippen molar-refractivity contribution in [2.45, 2.75) is 64.1 Å². The van der Waals surface area contributed by atoms with Gasteiger partial charge in [-0.1, -0.05) is 67.9 Å². The van der Waals surface area contributed by atoms with E-state index in [1.807, 2.05) is 52.0 Å². The van der Waals surface area contributed by atoms with E-state index in [0.29, 0.717) is 17.1 Å². The van der Waals surface area contributed by atoms with Crippen LogP contribution < -0.4 is 9.62 Å². The summed E-state index contributed by atoms with van der Waals surface area (Å²) in [4.78, 5) is 28.9. The number of rotatable bonds is 12. The van der Waals surface area contributed by atoms with Crippen molar-refractivity contribution in [3.8, 4) is 0 Å². The van der Waals surface area contributed by atoms with Crippen LogP contribution in [0.2, 0.25) is 5.02 Å². The Kier molecular flexibility index (Phi) is 10.5. The third kappa shape index (κ3) is 7.61. The van der Waals surface area contributed by atoms with Gasteiger partial charge >= 0.3 is 0 Å². The van der Waals surface area contributed by atoms with E-state index in [1.54, 1.807) is 42.5 Å². The number of benzene rings is 3. The second-order valence-electron chi connectivity index (χ2n) is 9.49. The maximum atomic E-state index is 14.1. The molecule has 208 valence electrons. The largest absolute Gasteiger partial charge is 0.352 e. The Labute approximate surface area is 236 Å². The molecular formula is C30H36ClN3O4S. The molecule has 0 aliphatic rings. The minimum atomic E-state index is -4.11. The lowest BCUT2D eigenvalue weighted by Crippen LogP contribution is -2.53. The highest BCUT2D eigenvalue weighted by atomic mass is 35.5. The molecule has 2 amide bonds. The van der Waals surface area contributed by atoms with Crippen molar-refractivity contribution in [1.29, 1.82) is 0 Å². The summed E-state index contributed by atoms with van der Waals surface area (Å²) in [5.74, 6) is -0.753. The summed E-state index contributed by atoms with van der Waals surface area (Å²) in [5.41, 5.74) is 2.15. The van der Waals surface area contributed by atoms with E-state index in [4.69, 9.17) is 11.6 Å². The normalized spacial score (nSPS) is 12.8. The van der Waals surface area contributed by atoms with Crippen LogP contribution in [0.3, 0.4) is 0 Å². The van der Waals surface area contributed by atoms with E-state index in [-0.39, 0.29) is 23.4 Å². The summed E-state index contributed by atoms with van der Waals surface area (Å²) >= 11 is 6.07. The fourth-order valence-corrected chi connectivity index (χ4v) is 5.75. The molecule has 0 aromatic heterocycles. The van der Waals surface area contributed by atoms with E-state index in [2.05, 4.69) is 5.32 Å². The van der Waals surface area contributed by atoms with E-state index in [0.717, 1.165) is 21.9 Å². The highest BCUT2D eigenvalue weighted by Crippen LogP contribution is 2.26. The molecule has 0 aliphatic heterocycles. The Balaban J connectivity index is 2.05. The number of carbonyl (C=O) groups excluding carboxylic acids is 2. The molecule has 0 spiro atoms. The van der Waals surface area contributed by atoms with Gasteiger partial charge in [-0.05, 0) is 74.2 Å². The number of anilines is 1. The van der Waals surface area contributed by atoms with Gasteiger partial charge in [-0.3, -0.25) is 13.9 Å². The zero-order chi connectivity index (χ0) is 28.6. The number of sulfonamides is 1. The SMILES string of the molecule is CC[C@H](C)NC(=O)[C@H](CC)N(Cc1ccccc1C)C(=O)CN(c1ccc(Cl)cc1)S(=O)(=O)c1ccccc1. The molecule has 0 fully saturated rings. The van der Waals surface area contributed by atoms with Crippen LogP contribution in [-0.4, -0.2) is 43.8 Å². The zero-order valence-corrected chi connectivity index (χ0v) is 24.4. The van der Waals surface area contributed by atoms with Crippen LogP contribution in [0.4, 0.5) is 5.69 Å². The molecule has 3 aromatic rings. The zero-order valence-electron chi connectivity index (χ0n) is 22.8. The highest BCUT2D eigenvalue weighted by Gasteiger charge is 2.34. The molecule has 3 rings (SSSR count). The summed E-state index contributed by atoms with van der Waals surface area (Å²) in [6, 6.07) is 21.0. The molecule has 3 aromatic carbocycles. The molecule has 39 heavy (non-hydrogen) atoms. The van der Waals surface area contributed by atoms with Crippen molar-refractivity contribution in [2.75, 3.05) is 10.8 Å². The van der Waals surface area contributed by atoms with Crippen molar-refractivity contribution < 1.29 is 18.0 Å². The van der Waals surface area contributed by atoms with Gasteiger partial charge < -0.3 is 10.2 Å². The van der Waals surface area contributed by atoms with Gasteiger partial charge in [-0.15, -0.1) is 0 Å². The summed E-state index contributed by atoms with van der Waals surface area (Å²) in [6.45, 7) is 7.34. The maximum Gasteiger partial charge on any atom is 0.264 e. The Morgan fingerprint density at radius 2 is 1.51 bits per heavy atom. The molecule has 0 bridgehead atoms. The minimum Gasteiger partial charge on any atom is -0.352 e. The van der Waals surface area contributed by atoms with Crippen molar-refractivity contribution in [2.24, 2.45) is 0 Å². The number of nitrogens with one attached hydrogen (secondary N) is 1. The number of hydrogen-bond donors (Lipinski definition) is 1. The molecule has 1 N–H and O–H groups in total. The maximum absolute atomic E-state index is 14.1. The number of amides is 2. The van der Waals surface area contributed by atoms with Gasteiger partial charge in [-0.2, -0.15) is 0 Å². The van der Waals surface area contributed by atoms with Gasteiger partial charge in [0.25, 0.3) is 10.0 Å². The Morgan fingerprint density at radius 3 is 2.10 bits per heavy atom. The highest BCUT2D eigenvalue weighted by molar-refractivity contribution is 7.92. The second-order valence-corrected chi connectivity index (χ2v) is 11.8. The quantitative estimate of drug-likeness (QED) is 0.309. The van der Waals surface area contributed by atoms with Crippen LogP contribution in [0.5, 0.6) is 0 Å². The van der Waals surface area contributed by atoms with Crippen molar-refractivity contribution in [3.05, 3.63) is 95.0 Å². The predicted molar refractivity (Wildman–Crippen MR) is 156 cm³/mol. The van der Waals surface area contributed by atoms with Gasteiger partial charge in [0, 0.05) is 17.6 Å². The van der Waals surface area contributed by atoms with Crippen LogP contribution in [0, 0.1) is 6.92 Å². The lowest BCUT2D eigenvalue weighted by molar-refractivity contribution is -0.140. The van der Waals surface area contributed by atoms with Crippen LogP contribution in [0.25, 0.3) is 0 Å². The molecule has 0 aliphatic carbocycles. The third-order valence-corrected chi connectivity index (χ3v) is 8.75. The van der Waals surface area contributed by atoms with Crippen LogP contribution in [0.15, 0.2) is 83.8 Å². The number of nitrogens with zero attached hydrogens (tertiary/aromatic N) is 2. The smallest absolute Gasteiger partial charge is 0.264 e. The minimum absolute atomic E-state index is 0.0553. The number of hydrogen-bond acceptors (Lipinski definition) is 4. The predicted octanol–water partition coefficient (Wildman–Crippen LogP) is 5.57. The van der Waals surface area contributed by atoms with E-state index >= 15 is 0 Å². The molecule has 0 saturated carbocycles. The lowest BCUT2D eigenvalue weighted by Gasteiger charge is -2.34. The first-order valence-corrected chi connectivity index (χ1v) is 14.9. The van der Waals surface area contributed by atoms with E-state index < -0.39 is 28.5 Å². The van der Waals surface area contributed by atoms with Crippen molar-refractivity contribution in [1.82, 2.24) is 10.2 Å². The molecule has 0 unspecified atom stereocenters. The fraction of sp³-hybridized carbons (Fsp3) is 0.333. The van der Waals surface area contributed by atoms with Crippen LogP contribution in [-0.2, 0) is 26.2 Å². The lowest BCUT2D eigenvalue weighted by atomic mass is 10.1. The van der Waals surface area contributed by atoms with Gasteiger partial charge in [0.15, 0.2) is 0 Å². The van der Waals surface area contributed by atoms with Gasteiger partial charge in [0.05, 0.1) is 10.6 Å². The number of carbonyl (C=O) groups is 2. The Bertz CT molecular complexity index is 1360. The third-order valence-electron chi connectivity index (χ3n) is 6.71. The van der Waals surface area contributed by atoms with Gasteiger partial charge in [0.1, 0.15) is 12.6 Å². The number of aryl methyl sites for hydroxylation is 1. The first-order valence-electron chi connectivity index (χ1n) is 13.1. The van der Waals surface area contributed by atoms with Gasteiger partial charge in [0.2, 0.25) is 11.8 Å². The topological polar surface area (TPSA) is 86.8 Å². The Hall–Kier alpha value is -3.36. The average molecular weight is 570 g/mol. The summed E-state index contributed by atoms with van der Waals surface area (Å²) < 4.78 is 28.7. The average Bonchev–Trinajstić information content (AvgIpc) is 2.93. The standard InChI is InChI=1S/C30H36ClN3O4S/c1-5-23(4)32-30(36)28(6-2)33(20-24-13-11-10-12-22(24)3)29(35)21-34(26-18-16-25(31)17-19-26)39(37,38)27-14-8-7-9-15-27/h7-19,23,28H,5-6,20-21H2,1-4H3,(H,32,36)/t23-,28-/m0/s1. The van der Waals surface area contributed by atoms with Crippen molar-refractivity contribution in [3.63, 3.8) is 0 Å². The van der Waals surface area contributed by atoms with E-state index in [1.165, 1.54) is 17.0 Å². The molecule has 0 heterocycles. The van der Waals surface area contributed by atoms with Gasteiger partial charge in [-0.25, -0.2) is 8.42 Å². The molecule has 9 heteroatoms. The second kappa shape index (κ2) is 13.6. The fourth-order valence-electron chi connectivity index (χ4n) is 4.19. The van der Waals surface area contributed by atoms with E-state index in [9.17, 15) is 18.0 Å². The molecule has 0 saturated heterocycles. The monoisotopic (exact) mass is 569 g/mol. The van der Waals surface area contributed by atoms with Crippen molar-refractivity contribution >= 4 is 39.1 Å². The van der Waals surface area contributed by atoms with Crippen LogP contribution in [0.1, 0.15) is 44.7 Å². The first kappa shape index (κ1) is 30.2. The molecular weight excluding hydrogens is 534 g/mol. The van der Waals surface area contributed by atoms with Crippen LogP contribution >= 0.6 is 11.6 Å². The summed E-state index contributed by atoms with van der Waals surface area (Å²) in [7, 11) is -4.11. The first-order chi connectivity index (χ1) is 18.6. The summed E-state index contributed by atoms with van der Waals surface area (Å²) in [5, 5.41) is 3.43.